The summed E-state index contributed by atoms with van der Waals surface area (Å²) in [5.74, 6) is 3.29. The van der Waals surface area contributed by atoms with Crippen molar-refractivity contribution in [2.24, 2.45) is 0 Å². The van der Waals surface area contributed by atoms with E-state index in [1.165, 1.54) is 0 Å². The topological polar surface area (TPSA) is 77.3 Å². The first-order valence-electron chi connectivity index (χ1n) is 13.7. The highest BCUT2D eigenvalue weighted by Crippen LogP contribution is 2.31. The normalized spacial score (nSPS) is 10.9. The summed E-state index contributed by atoms with van der Waals surface area (Å²) in [5, 5.41) is 0.512. The monoisotopic (exact) mass is 574 g/mol. The van der Waals surface area contributed by atoms with Gasteiger partial charge in [0.05, 0.1) is 0 Å². The Hall–Kier alpha value is -5.59. The van der Waals surface area contributed by atoms with Crippen LogP contribution in [0, 0.1) is 0 Å². The standard InChI is InChI=1S/C36H23ClN6/c37-30-22-28(35-40-31(24-13-5-1-6-14-24)38-32(41-35)25-15-7-2-8-16-25)21-29(23-30)36-42-33(26-17-9-3-10-18-26)39-34(43-36)27-19-11-4-12-20-27/h1-23H. The largest absolute Gasteiger partial charge is 0.208 e. The van der Waals surface area contributed by atoms with E-state index in [0.717, 1.165) is 33.4 Å². The number of hydrogen-bond acceptors (Lipinski definition) is 6. The summed E-state index contributed by atoms with van der Waals surface area (Å²) in [4.78, 5) is 29.1. The van der Waals surface area contributed by atoms with Crippen molar-refractivity contribution < 1.29 is 0 Å². The Morgan fingerprint density at radius 2 is 0.512 bits per heavy atom. The molecule has 2 heterocycles. The number of benzene rings is 5. The molecule has 0 unspecified atom stereocenters. The molecule has 0 atom stereocenters. The molecule has 7 rings (SSSR count). The minimum atomic E-state index is 0.497. The molecule has 7 aromatic rings. The average molecular weight is 575 g/mol. The fourth-order valence-electron chi connectivity index (χ4n) is 4.72. The molecule has 204 valence electrons. The maximum Gasteiger partial charge on any atom is 0.164 e. The first-order valence-corrected chi connectivity index (χ1v) is 14.1. The van der Waals surface area contributed by atoms with Crippen LogP contribution in [0.4, 0.5) is 0 Å². The molecule has 0 amide bonds. The third-order valence-electron chi connectivity index (χ3n) is 6.81. The van der Waals surface area contributed by atoms with E-state index in [0.29, 0.717) is 40.0 Å². The zero-order valence-electron chi connectivity index (χ0n) is 22.8. The lowest BCUT2D eigenvalue weighted by atomic mass is 10.1. The second-order valence-electron chi connectivity index (χ2n) is 9.81. The average Bonchev–Trinajstić information content (AvgIpc) is 3.09. The molecule has 0 aliphatic heterocycles. The predicted octanol–water partition coefficient (Wildman–Crippen LogP) is 8.71. The lowest BCUT2D eigenvalue weighted by Crippen LogP contribution is -2.02. The number of hydrogen-bond donors (Lipinski definition) is 0. The molecular formula is C36H23ClN6. The molecule has 0 aliphatic carbocycles. The Morgan fingerprint density at radius 1 is 0.279 bits per heavy atom. The zero-order chi connectivity index (χ0) is 29.0. The summed E-state index contributed by atoms with van der Waals surface area (Å²) in [6, 6.07) is 45.1. The van der Waals surface area contributed by atoms with E-state index >= 15 is 0 Å². The van der Waals surface area contributed by atoms with Gasteiger partial charge in [-0.25, -0.2) is 29.9 Å². The molecule has 0 radical (unpaired) electrons. The molecule has 0 N–H and O–H groups in total. The van der Waals surface area contributed by atoms with Gasteiger partial charge in [-0.3, -0.25) is 0 Å². The molecule has 0 saturated carbocycles. The smallest absolute Gasteiger partial charge is 0.164 e. The summed E-state index contributed by atoms with van der Waals surface area (Å²) >= 11 is 6.73. The minimum Gasteiger partial charge on any atom is -0.208 e. The van der Waals surface area contributed by atoms with Crippen LogP contribution in [0.3, 0.4) is 0 Å². The van der Waals surface area contributed by atoms with Gasteiger partial charge in [0.25, 0.3) is 0 Å². The van der Waals surface area contributed by atoms with Crippen LogP contribution < -0.4 is 0 Å². The Balaban J connectivity index is 1.40. The van der Waals surface area contributed by atoms with Gasteiger partial charge in [-0.05, 0) is 18.2 Å². The Bertz CT molecular complexity index is 1760. The summed E-state index contributed by atoms with van der Waals surface area (Å²) in [5.41, 5.74) is 5.02. The predicted molar refractivity (Wildman–Crippen MR) is 171 cm³/mol. The third-order valence-corrected chi connectivity index (χ3v) is 7.03. The molecule has 7 heteroatoms. The van der Waals surface area contributed by atoms with E-state index in [2.05, 4.69) is 0 Å². The highest BCUT2D eigenvalue weighted by atomic mass is 35.5. The van der Waals surface area contributed by atoms with Crippen molar-refractivity contribution >= 4 is 11.6 Å². The Labute approximate surface area is 253 Å². The number of aromatic nitrogens is 6. The molecule has 0 bridgehead atoms. The van der Waals surface area contributed by atoms with Crippen molar-refractivity contribution in [2.45, 2.75) is 0 Å². The highest BCUT2D eigenvalue weighted by Gasteiger charge is 2.16. The second-order valence-corrected chi connectivity index (χ2v) is 10.2. The van der Waals surface area contributed by atoms with Gasteiger partial charge in [0.1, 0.15) is 0 Å². The maximum atomic E-state index is 6.73. The third kappa shape index (κ3) is 5.77. The Kier molecular flexibility index (Phi) is 7.17. The van der Waals surface area contributed by atoms with Crippen molar-refractivity contribution in [1.82, 2.24) is 29.9 Å². The lowest BCUT2D eigenvalue weighted by molar-refractivity contribution is 1.07. The van der Waals surface area contributed by atoms with Crippen molar-refractivity contribution in [3.63, 3.8) is 0 Å². The zero-order valence-corrected chi connectivity index (χ0v) is 23.6. The fourth-order valence-corrected chi connectivity index (χ4v) is 4.96. The molecular weight excluding hydrogens is 552 g/mol. The molecule has 43 heavy (non-hydrogen) atoms. The second kappa shape index (κ2) is 11.7. The van der Waals surface area contributed by atoms with E-state index in [1.54, 1.807) is 0 Å². The van der Waals surface area contributed by atoms with E-state index in [9.17, 15) is 0 Å². The molecule has 5 aromatic carbocycles. The number of rotatable bonds is 6. The van der Waals surface area contributed by atoms with E-state index in [1.807, 2.05) is 140 Å². The summed E-state index contributed by atoms with van der Waals surface area (Å²) in [6.45, 7) is 0. The number of nitrogens with zero attached hydrogens (tertiary/aromatic N) is 6. The van der Waals surface area contributed by atoms with Gasteiger partial charge >= 0.3 is 0 Å². The first-order chi connectivity index (χ1) is 21.2. The van der Waals surface area contributed by atoms with Crippen molar-refractivity contribution in [3.8, 4) is 68.3 Å². The lowest BCUT2D eigenvalue weighted by Gasteiger charge is -2.11. The van der Waals surface area contributed by atoms with Crippen molar-refractivity contribution in [1.29, 1.82) is 0 Å². The van der Waals surface area contributed by atoms with Crippen LogP contribution in [-0.4, -0.2) is 29.9 Å². The minimum absolute atomic E-state index is 0.497. The van der Waals surface area contributed by atoms with Gasteiger partial charge in [0, 0.05) is 38.4 Å². The molecule has 0 aliphatic rings. The quantitative estimate of drug-likeness (QED) is 0.198. The Morgan fingerprint density at radius 3 is 0.767 bits per heavy atom. The van der Waals surface area contributed by atoms with Crippen LogP contribution in [-0.2, 0) is 0 Å². The van der Waals surface area contributed by atoms with E-state index in [4.69, 9.17) is 41.5 Å². The van der Waals surface area contributed by atoms with Gasteiger partial charge < -0.3 is 0 Å². The van der Waals surface area contributed by atoms with Crippen molar-refractivity contribution in [2.75, 3.05) is 0 Å². The SMILES string of the molecule is Clc1cc(-c2nc(-c3ccccc3)nc(-c3ccccc3)n2)cc(-c2nc(-c3ccccc3)nc(-c3ccccc3)n2)c1. The van der Waals surface area contributed by atoms with Gasteiger partial charge in [0.2, 0.25) is 0 Å². The molecule has 2 aromatic heterocycles. The maximum absolute atomic E-state index is 6.73. The highest BCUT2D eigenvalue weighted by molar-refractivity contribution is 6.31. The van der Waals surface area contributed by atoms with Crippen LogP contribution in [0.2, 0.25) is 5.02 Å². The fraction of sp³-hybridized carbons (Fsp3) is 0. The summed E-state index contributed by atoms with van der Waals surface area (Å²) in [6.07, 6.45) is 0. The van der Waals surface area contributed by atoms with Crippen LogP contribution in [0.25, 0.3) is 68.3 Å². The van der Waals surface area contributed by atoms with Gasteiger partial charge in [-0.15, -0.1) is 0 Å². The van der Waals surface area contributed by atoms with Crippen LogP contribution in [0.5, 0.6) is 0 Å². The summed E-state index contributed by atoms with van der Waals surface area (Å²) in [7, 11) is 0. The van der Waals surface area contributed by atoms with Crippen LogP contribution in [0.15, 0.2) is 140 Å². The van der Waals surface area contributed by atoms with Crippen LogP contribution >= 0.6 is 11.6 Å². The van der Waals surface area contributed by atoms with Gasteiger partial charge in [-0.2, -0.15) is 0 Å². The van der Waals surface area contributed by atoms with E-state index < -0.39 is 0 Å². The molecule has 6 nitrogen and oxygen atoms in total. The number of halogens is 1. The van der Waals surface area contributed by atoms with E-state index in [-0.39, 0.29) is 0 Å². The first kappa shape index (κ1) is 26.3. The molecule has 0 fully saturated rings. The molecule has 0 spiro atoms. The van der Waals surface area contributed by atoms with Crippen molar-refractivity contribution in [3.05, 3.63) is 145 Å². The van der Waals surface area contributed by atoms with Crippen LogP contribution in [0.1, 0.15) is 0 Å². The van der Waals surface area contributed by atoms with Gasteiger partial charge in [0.15, 0.2) is 34.9 Å². The summed E-state index contributed by atoms with van der Waals surface area (Å²) < 4.78 is 0. The molecule has 0 saturated heterocycles. The van der Waals surface area contributed by atoms with Gasteiger partial charge in [-0.1, -0.05) is 133 Å².